The van der Waals surface area contributed by atoms with E-state index >= 15 is 0 Å². The zero-order valence-electron chi connectivity index (χ0n) is 12.7. The third-order valence-corrected chi connectivity index (χ3v) is 4.02. The molecule has 1 fully saturated rings. The van der Waals surface area contributed by atoms with Crippen LogP contribution in [-0.4, -0.2) is 56.6 Å². The summed E-state index contributed by atoms with van der Waals surface area (Å²) in [4.78, 5) is 33.6. The molecule has 1 aliphatic heterocycles. The Bertz CT molecular complexity index is 727. The highest BCUT2D eigenvalue weighted by Gasteiger charge is 2.29. The van der Waals surface area contributed by atoms with Crippen LogP contribution in [-0.2, 0) is 9.53 Å². The molecule has 3 heterocycles. The molecule has 2 amide bonds. The molecule has 0 bridgehead atoms. The minimum atomic E-state index is -0.355. The monoisotopic (exact) mass is 336 g/mol. The highest BCUT2D eigenvalue weighted by Crippen LogP contribution is 2.22. The lowest BCUT2D eigenvalue weighted by Crippen LogP contribution is -2.42. The van der Waals surface area contributed by atoms with Gasteiger partial charge in [0.25, 0.3) is 5.91 Å². The van der Waals surface area contributed by atoms with E-state index in [4.69, 9.17) is 4.74 Å². The topological polar surface area (TPSA) is 113 Å². The molecule has 2 aromatic heterocycles. The zero-order chi connectivity index (χ0) is 16.4. The molecule has 0 spiro atoms. The lowest BCUT2D eigenvalue weighted by atomic mass is 10.2. The van der Waals surface area contributed by atoms with Gasteiger partial charge in [-0.15, -0.1) is 11.3 Å². The fourth-order valence-corrected chi connectivity index (χ4v) is 2.97. The largest absolute Gasteiger partial charge is 0.366 e. The van der Waals surface area contributed by atoms with Crippen molar-refractivity contribution in [3.8, 4) is 0 Å². The minimum Gasteiger partial charge on any atom is -0.366 e. The lowest BCUT2D eigenvalue weighted by Gasteiger charge is -2.31. The van der Waals surface area contributed by atoms with E-state index in [0.29, 0.717) is 42.2 Å². The summed E-state index contributed by atoms with van der Waals surface area (Å²) >= 11 is 1.22. The van der Waals surface area contributed by atoms with Crippen LogP contribution in [0.1, 0.15) is 35.2 Å². The van der Waals surface area contributed by atoms with Crippen molar-refractivity contribution in [1.29, 1.82) is 0 Å². The number of nitrogens with zero attached hydrogens (tertiary/aromatic N) is 4. The van der Waals surface area contributed by atoms with Crippen molar-refractivity contribution < 1.29 is 14.3 Å². The maximum atomic E-state index is 12.5. The predicted molar refractivity (Wildman–Crippen MR) is 82.1 cm³/mol. The molecule has 3 rings (SSSR count). The number of aromatic nitrogens is 4. The SMILES string of the molecule is CC(=O)Nc1nc(C(=O)N2CCOC(c3n[nH]c(C)n3)C2)cs1. The van der Waals surface area contributed by atoms with E-state index in [0.717, 1.165) is 0 Å². The fourth-order valence-electron chi connectivity index (χ4n) is 2.24. The van der Waals surface area contributed by atoms with Gasteiger partial charge in [0.1, 0.15) is 17.6 Å². The number of morpholine rings is 1. The van der Waals surface area contributed by atoms with Crippen molar-refractivity contribution in [3.63, 3.8) is 0 Å². The number of thiazole rings is 1. The number of aryl methyl sites for hydroxylation is 1. The van der Waals surface area contributed by atoms with Crippen LogP contribution in [0.4, 0.5) is 5.13 Å². The number of rotatable bonds is 3. The second-order valence-corrected chi connectivity index (χ2v) is 5.97. The predicted octanol–water partition coefficient (Wildman–Crippen LogP) is 0.742. The van der Waals surface area contributed by atoms with Crippen LogP contribution in [0.25, 0.3) is 0 Å². The number of hydrogen-bond donors (Lipinski definition) is 2. The van der Waals surface area contributed by atoms with Crippen molar-refractivity contribution in [2.75, 3.05) is 25.0 Å². The summed E-state index contributed by atoms with van der Waals surface area (Å²) in [5.41, 5.74) is 0.311. The molecular formula is C13H16N6O3S. The fraction of sp³-hybridized carbons (Fsp3) is 0.462. The lowest BCUT2D eigenvalue weighted by molar-refractivity contribution is -0.114. The van der Waals surface area contributed by atoms with Gasteiger partial charge >= 0.3 is 0 Å². The van der Waals surface area contributed by atoms with Crippen molar-refractivity contribution >= 4 is 28.3 Å². The summed E-state index contributed by atoms with van der Waals surface area (Å²) in [7, 11) is 0. The normalized spacial score (nSPS) is 18.0. The number of carbonyl (C=O) groups excluding carboxylic acids is 2. The molecule has 1 atom stereocenters. The zero-order valence-corrected chi connectivity index (χ0v) is 13.5. The van der Waals surface area contributed by atoms with E-state index in [1.165, 1.54) is 18.3 Å². The quantitative estimate of drug-likeness (QED) is 0.855. The Morgan fingerprint density at radius 1 is 1.48 bits per heavy atom. The molecule has 1 aliphatic rings. The highest BCUT2D eigenvalue weighted by molar-refractivity contribution is 7.14. The maximum Gasteiger partial charge on any atom is 0.273 e. The van der Waals surface area contributed by atoms with Crippen LogP contribution in [0, 0.1) is 6.92 Å². The number of aromatic amines is 1. The molecule has 122 valence electrons. The van der Waals surface area contributed by atoms with Crippen molar-refractivity contribution in [2.24, 2.45) is 0 Å². The summed E-state index contributed by atoms with van der Waals surface area (Å²) in [5.74, 6) is 0.826. The Morgan fingerprint density at radius 2 is 2.30 bits per heavy atom. The Balaban J connectivity index is 1.69. The van der Waals surface area contributed by atoms with Crippen LogP contribution in [0.15, 0.2) is 5.38 Å². The standard InChI is InChI=1S/C13H16N6O3S/c1-7-14-11(18-17-7)10-5-19(3-4-22-10)12(21)9-6-23-13(16-9)15-8(2)20/h6,10H,3-5H2,1-2H3,(H,14,17,18)(H,15,16,20). The van der Waals surface area contributed by atoms with Gasteiger partial charge in [-0.2, -0.15) is 5.10 Å². The van der Waals surface area contributed by atoms with Gasteiger partial charge in [0.2, 0.25) is 5.91 Å². The van der Waals surface area contributed by atoms with E-state index in [-0.39, 0.29) is 17.9 Å². The van der Waals surface area contributed by atoms with E-state index in [2.05, 4.69) is 25.5 Å². The van der Waals surface area contributed by atoms with Gasteiger partial charge in [0.05, 0.1) is 13.2 Å². The number of carbonyl (C=O) groups is 2. The molecule has 10 heteroatoms. The molecule has 1 saturated heterocycles. The highest BCUT2D eigenvalue weighted by atomic mass is 32.1. The van der Waals surface area contributed by atoms with Crippen LogP contribution in [0.5, 0.6) is 0 Å². The summed E-state index contributed by atoms with van der Waals surface area (Å²) in [5, 5.41) is 11.5. The number of amides is 2. The molecule has 1 unspecified atom stereocenters. The second-order valence-electron chi connectivity index (χ2n) is 5.11. The first-order valence-corrected chi connectivity index (χ1v) is 7.94. The number of anilines is 1. The number of hydrogen-bond acceptors (Lipinski definition) is 7. The molecular weight excluding hydrogens is 320 g/mol. The van der Waals surface area contributed by atoms with Crippen molar-refractivity contribution in [2.45, 2.75) is 20.0 Å². The maximum absolute atomic E-state index is 12.5. The number of nitrogens with one attached hydrogen (secondary N) is 2. The molecule has 0 aliphatic carbocycles. The van der Waals surface area contributed by atoms with Gasteiger partial charge in [0.15, 0.2) is 11.0 Å². The van der Waals surface area contributed by atoms with Gasteiger partial charge in [-0.05, 0) is 6.92 Å². The van der Waals surface area contributed by atoms with Crippen LogP contribution in [0.2, 0.25) is 0 Å². The van der Waals surface area contributed by atoms with E-state index in [1.807, 2.05) is 0 Å². The average molecular weight is 336 g/mol. The molecule has 0 radical (unpaired) electrons. The first-order valence-electron chi connectivity index (χ1n) is 7.06. The van der Waals surface area contributed by atoms with E-state index in [9.17, 15) is 9.59 Å². The van der Waals surface area contributed by atoms with Crippen LogP contribution < -0.4 is 5.32 Å². The first-order chi connectivity index (χ1) is 11.0. The average Bonchev–Trinajstić information content (AvgIpc) is 3.15. The number of H-pyrrole nitrogens is 1. The van der Waals surface area contributed by atoms with E-state index < -0.39 is 0 Å². The Hall–Kier alpha value is -2.33. The van der Waals surface area contributed by atoms with Gasteiger partial charge in [-0.3, -0.25) is 14.7 Å². The molecule has 0 saturated carbocycles. The summed E-state index contributed by atoms with van der Waals surface area (Å²) in [6.07, 6.45) is -0.355. The smallest absolute Gasteiger partial charge is 0.273 e. The molecule has 2 N–H and O–H groups in total. The van der Waals surface area contributed by atoms with Gasteiger partial charge in [-0.1, -0.05) is 0 Å². The third-order valence-electron chi connectivity index (χ3n) is 3.26. The summed E-state index contributed by atoms with van der Waals surface area (Å²) in [6, 6.07) is 0. The molecule has 2 aromatic rings. The molecule has 23 heavy (non-hydrogen) atoms. The number of ether oxygens (including phenoxy) is 1. The first kappa shape index (κ1) is 15.6. The minimum absolute atomic E-state index is 0.196. The van der Waals surface area contributed by atoms with Crippen molar-refractivity contribution in [1.82, 2.24) is 25.1 Å². The second kappa shape index (κ2) is 6.42. The Labute approximate surface area is 136 Å². The Morgan fingerprint density at radius 3 is 3.00 bits per heavy atom. The Kier molecular flexibility index (Phi) is 4.35. The molecule has 0 aromatic carbocycles. The summed E-state index contributed by atoms with van der Waals surface area (Å²) < 4.78 is 5.64. The van der Waals surface area contributed by atoms with E-state index in [1.54, 1.807) is 17.2 Å². The third kappa shape index (κ3) is 3.54. The van der Waals surface area contributed by atoms with Crippen LogP contribution >= 0.6 is 11.3 Å². The summed E-state index contributed by atoms with van der Waals surface area (Å²) in [6.45, 7) is 4.46. The van der Waals surface area contributed by atoms with Gasteiger partial charge in [0, 0.05) is 18.8 Å². The van der Waals surface area contributed by atoms with Gasteiger partial charge < -0.3 is 15.0 Å². The molecule has 9 nitrogen and oxygen atoms in total. The van der Waals surface area contributed by atoms with Crippen LogP contribution in [0.3, 0.4) is 0 Å². The van der Waals surface area contributed by atoms with Gasteiger partial charge in [-0.25, -0.2) is 9.97 Å². The van der Waals surface area contributed by atoms with Crippen molar-refractivity contribution in [3.05, 3.63) is 22.7 Å².